The SMILES string of the molecule is CCNP(=O)(CCN1CCc2cc(OC/C(=C/F)CC)ccc2C1=O)NCC. The van der Waals surface area contributed by atoms with E-state index in [1.807, 2.05) is 26.8 Å². The van der Waals surface area contributed by atoms with Gasteiger partial charge >= 0.3 is 0 Å². The summed E-state index contributed by atoms with van der Waals surface area (Å²) in [6, 6.07) is 5.37. The lowest BCUT2D eigenvalue weighted by Crippen LogP contribution is -2.40. The average Bonchev–Trinajstić information content (AvgIpc) is 2.68. The van der Waals surface area contributed by atoms with Crippen molar-refractivity contribution >= 4 is 13.4 Å². The lowest BCUT2D eigenvalue weighted by Gasteiger charge is -2.30. The van der Waals surface area contributed by atoms with Crippen molar-refractivity contribution in [3.05, 3.63) is 41.2 Å². The lowest BCUT2D eigenvalue weighted by atomic mass is 9.99. The fourth-order valence-corrected chi connectivity index (χ4v) is 5.16. The summed E-state index contributed by atoms with van der Waals surface area (Å²) in [6.45, 7) is 8.16. The van der Waals surface area contributed by atoms with Crippen LogP contribution in [0.1, 0.15) is 43.1 Å². The number of carbonyl (C=O) groups is 1. The van der Waals surface area contributed by atoms with Crippen LogP contribution in [0.15, 0.2) is 30.1 Å². The number of ether oxygens (including phenoxy) is 1. The molecule has 0 fully saturated rings. The molecular formula is C20H31FN3O3P. The first-order valence-electron chi connectivity index (χ1n) is 9.88. The van der Waals surface area contributed by atoms with Crippen molar-refractivity contribution in [2.24, 2.45) is 0 Å². The second kappa shape index (κ2) is 10.7. The molecule has 1 amide bonds. The maximum atomic E-state index is 12.8. The second-order valence-corrected chi connectivity index (χ2v) is 9.32. The Hall–Kier alpha value is -1.69. The summed E-state index contributed by atoms with van der Waals surface area (Å²) in [7, 11) is -2.68. The van der Waals surface area contributed by atoms with Crippen LogP contribution in [0.3, 0.4) is 0 Å². The van der Waals surface area contributed by atoms with E-state index in [0.29, 0.717) is 68.4 Å². The Kier molecular flexibility index (Phi) is 8.67. The van der Waals surface area contributed by atoms with Crippen molar-refractivity contribution in [1.82, 2.24) is 15.1 Å². The Bertz CT molecular complexity index is 744. The van der Waals surface area contributed by atoms with Crippen LogP contribution < -0.4 is 14.9 Å². The number of nitrogens with zero attached hydrogens (tertiary/aromatic N) is 1. The van der Waals surface area contributed by atoms with Crippen molar-refractivity contribution in [2.45, 2.75) is 33.6 Å². The molecule has 1 heterocycles. The van der Waals surface area contributed by atoms with Gasteiger partial charge in [-0.3, -0.25) is 19.5 Å². The Labute approximate surface area is 167 Å². The van der Waals surface area contributed by atoms with E-state index < -0.39 is 7.44 Å². The number of amides is 1. The Morgan fingerprint density at radius 2 is 2.00 bits per heavy atom. The van der Waals surface area contributed by atoms with E-state index in [1.54, 1.807) is 17.0 Å². The minimum Gasteiger partial charge on any atom is -0.489 e. The van der Waals surface area contributed by atoms with Gasteiger partial charge in [0.15, 0.2) is 0 Å². The largest absolute Gasteiger partial charge is 0.489 e. The molecule has 1 aromatic carbocycles. The number of benzene rings is 1. The van der Waals surface area contributed by atoms with Gasteiger partial charge in [0.2, 0.25) is 7.44 Å². The second-order valence-electron chi connectivity index (χ2n) is 6.76. The number of nitrogens with one attached hydrogen (secondary N) is 2. The highest BCUT2D eigenvalue weighted by Crippen LogP contribution is 2.35. The molecule has 0 aliphatic carbocycles. The van der Waals surface area contributed by atoms with Gasteiger partial charge < -0.3 is 9.64 Å². The first kappa shape index (κ1) is 22.6. The number of rotatable bonds is 11. The standard InChI is InChI=1S/C20H31FN3O3P/c1-4-16(14-21)15-27-18-7-8-19-17(13-18)9-10-24(20(19)25)11-12-28(26,22-5-2)23-6-3/h7-8,13-14H,4-6,9-12,15H2,1-3H3,(H2,22,23,26)/b16-14+. The van der Waals surface area contributed by atoms with Gasteiger partial charge in [-0.1, -0.05) is 20.8 Å². The molecule has 0 saturated heterocycles. The van der Waals surface area contributed by atoms with E-state index in [9.17, 15) is 13.8 Å². The molecule has 1 aliphatic heterocycles. The van der Waals surface area contributed by atoms with Crippen molar-refractivity contribution in [3.8, 4) is 5.75 Å². The van der Waals surface area contributed by atoms with Crippen LogP contribution in [0, 0.1) is 0 Å². The van der Waals surface area contributed by atoms with Crippen LogP contribution in [-0.2, 0) is 11.0 Å². The average molecular weight is 411 g/mol. The fourth-order valence-electron chi connectivity index (χ4n) is 3.19. The summed E-state index contributed by atoms with van der Waals surface area (Å²) in [4.78, 5) is 14.6. The van der Waals surface area contributed by atoms with E-state index in [1.165, 1.54) is 0 Å². The van der Waals surface area contributed by atoms with E-state index >= 15 is 0 Å². The summed E-state index contributed by atoms with van der Waals surface area (Å²) in [5, 5.41) is 6.06. The third-order valence-corrected chi connectivity index (χ3v) is 7.27. The number of halogens is 1. The minimum atomic E-state index is -2.68. The monoisotopic (exact) mass is 411 g/mol. The quantitative estimate of drug-likeness (QED) is 0.543. The zero-order valence-electron chi connectivity index (χ0n) is 17.0. The van der Waals surface area contributed by atoms with Gasteiger partial charge in [-0.25, -0.2) is 4.39 Å². The van der Waals surface area contributed by atoms with Gasteiger partial charge in [0.25, 0.3) is 5.91 Å². The maximum absolute atomic E-state index is 12.8. The van der Waals surface area contributed by atoms with Crippen LogP contribution in [0.2, 0.25) is 0 Å². The molecule has 156 valence electrons. The molecule has 0 saturated carbocycles. The highest BCUT2D eigenvalue weighted by Gasteiger charge is 2.27. The molecule has 8 heteroatoms. The van der Waals surface area contributed by atoms with Crippen LogP contribution in [0.25, 0.3) is 0 Å². The van der Waals surface area contributed by atoms with Gasteiger partial charge in [0.1, 0.15) is 12.4 Å². The van der Waals surface area contributed by atoms with Gasteiger partial charge in [0, 0.05) is 24.8 Å². The molecule has 0 radical (unpaired) electrons. The van der Waals surface area contributed by atoms with Crippen molar-refractivity contribution in [2.75, 3.05) is 38.9 Å². The maximum Gasteiger partial charge on any atom is 0.254 e. The molecular weight excluding hydrogens is 380 g/mol. The van der Waals surface area contributed by atoms with Crippen molar-refractivity contribution in [1.29, 1.82) is 0 Å². The molecule has 6 nitrogen and oxygen atoms in total. The molecule has 2 rings (SSSR count). The highest BCUT2D eigenvalue weighted by atomic mass is 31.2. The van der Waals surface area contributed by atoms with Crippen LogP contribution in [-0.4, -0.2) is 49.8 Å². The van der Waals surface area contributed by atoms with Gasteiger partial charge in [-0.2, -0.15) is 0 Å². The van der Waals surface area contributed by atoms with E-state index in [0.717, 1.165) is 5.56 Å². The number of hydrogen-bond donors (Lipinski definition) is 2. The van der Waals surface area contributed by atoms with Gasteiger partial charge in [-0.15, -0.1) is 0 Å². The molecule has 0 bridgehead atoms. The highest BCUT2D eigenvalue weighted by molar-refractivity contribution is 7.59. The summed E-state index contributed by atoms with van der Waals surface area (Å²) in [5.74, 6) is 0.585. The van der Waals surface area contributed by atoms with Gasteiger partial charge in [-0.05, 0) is 55.3 Å². The van der Waals surface area contributed by atoms with Crippen molar-refractivity contribution < 1.29 is 18.5 Å². The molecule has 1 aliphatic rings. The number of carbonyl (C=O) groups excluding carboxylic acids is 1. The predicted molar refractivity (Wildman–Crippen MR) is 111 cm³/mol. The molecule has 1 aromatic rings. The lowest BCUT2D eigenvalue weighted by molar-refractivity contribution is 0.0750. The zero-order valence-corrected chi connectivity index (χ0v) is 17.9. The number of hydrogen-bond acceptors (Lipinski definition) is 3. The zero-order chi connectivity index (χ0) is 20.6. The third-order valence-electron chi connectivity index (χ3n) is 4.79. The van der Waals surface area contributed by atoms with Crippen molar-refractivity contribution in [3.63, 3.8) is 0 Å². The molecule has 28 heavy (non-hydrogen) atoms. The molecule has 0 spiro atoms. The van der Waals surface area contributed by atoms with Crippen LogP contribution in [0.4, 0.5) is 4.39 Å². The molecule has 2 N–H and O–H groups in total. The molecule has 0 unspecified atom stereocenters. The summed E-state index contributed by atoms with van der Waals surface area (Å²) >= 11 is 0. The van der Waals surface area contributed by atoms with Gasteiger partial charge in [0.05, 0.1) is 6.33 Å². The van der Waals surface area contributed by atoms with Crippen LogP contribution >= 0.6 is 7.44 Å². The number of fused-ring (bicyclic) bond motifs is 1. The normalized spacial score (nSPS) is 14.9. The first-order chi connectivity index (χ1) is 13.5. The Balaban J connectivity index is 2.01. The summed E-state index contributed by atoms with van der Waals surface area (Å²) in [5.41, 5.74) is 2.17. The van der Waals surface area contributed by atoms with E-state index in [-0.39, 0.29) is 12.5 Å². The topological polar surface area (TPSA) is 70.7 Å². The van der Waals surface area contributed by atoms with E-state index in [2.05, 4.69) is 10.2 Å². The summed E-state index contributed by atoms with van der Waals surface area (Å²) < 4.78 is 31.1. The van der Waals surface area contributed by atoms with Crippen LogP contribution in [0.5, 0.6) is 5.75 Å². The minimum absolute atomic E-state index is 0.0507. The predicted octanol–water partition coefficient (Wildman–Crippen LogP) is 3.74. The van der Waals surface area contributed by atoms with E-state index in [4.69, 9.17) is 4.74 Å². The Morgan fingerprint density at radius 1 is 1.29 bits per heavy atom. The Morgan fingerprint density at radius 3 is 2.61 bits per heavy atom. The molecule has 0 aromatic heterocycles. The third kappa shape index (κ3) is 5.90. The fraction of sp³-hybridized carbons (Fsp3) is 0.550. The summed E-state index contributed by atoms with van der Waals surface area (Å²) in [6.07, 6.45) is 2.29. The smallest absolute Gasteiger partial charge is 0.254 e. The molecule has 0 atom stereocenters. The first-order valence-corrected chi connectivity index (χ1v) is 11.8.